The predicted octanol–water partition coefficient (Wildman–Crippen LogP) is 3.44. The Kier molecular flexibility index (Phi) is 4.87. The topological polar surface area (TPSA) is 81.4 Å². The number of carbonyl (C=O) groups excluding carboxylic acids is 1. The summed E-state index contributed by atoms with van der Waals surface area (Å²) < 4.78 is 11.4. The fraction of sp³-hybridized carbons (Fsp3) is 0.286. The zero-order chi connectivity index (χ0) is 18.6. The molecule has 138 valence electrons. The lowest BCUT2D eigenvalue weighted by molar-refractivity contribution is 0.0923. The number of hydrogen-bond donors (Lipinski definition) is 1. The predicted molar refractivity (Wildman–Crippen MR) is 101 cm³/mol. The third-order valence-electron chi connectivity index (χ3n) is 4.70. The Morgan fingerprint density at radius 3 is 2.85 bits per heavy atom. The summed E-state index contributed by atoms with van der Waals surface area (Å²) in [6.45, 7) is 0.291. The van der Waals surface area contributed by atoms with Crippen molar-refractivity contribution in [2.24, 2.45) is 0 Å². The van der Waals surface area contributed by atoms with E-state index in [-0.39, 0.29) is 17.3 Å². The summed E-state index contributed by atoms with van der Waals surface area (Å²) in [6, 6.07) is 11.7. The van der Waals surface area contributed by atoms with E-state index in [0.717, 1.165) is 18.4 Å². The number of nitrogens with zero attached hydrogens (tertiary/aromatic N) is 1. The molecule has 4 rings (SSSR count). The van der Waals surface area contributed by atoms with Crippen molar-refractivity contribution in [3.05, 3.63) is 70.2 Å². The fourth-order valence-electron chi connectivity index (χ4n) is 3.29. The van der Waals surface area contributed by atoms with Crippen LogP contribution in [0.2, 0.25) is 0 Å². The highest BCUT2D eigenvalue weighted by Gasteiger charge is 2.17. The number of hydrogen-bond acceptors (Lipinski definition) is 5. The standard InChI is InChI=1S/C21H20N2O4/c24-17-12-19(27-18-8-4-3-7-16(17)18)21(25)23-13-14-9-10-22-20(11-14)26-15-5-1-2-6-15/h3-4,7-12,15H,1-2,5-6,13H2,(H,23,25). The van der Waals surface area contributed by atoms with Gasteiger partial charge in [-0.25, -0.2) is 4.98 Å². The fourth-order valence-corrected chi connectivity index (χ4v) is 3.29. The third kappa shape index (κ3) is 4.00. The molecular formula is C21H20N2O4. The van der Waals surface area contributed by atoms with Crippen LogP contribution in [0.15, 0.2) is 57.9 Å². The number of amides is 1. The van der Waals surface area contributed by atoms with Gasteiger partial charge in [0.2, 0.25) is 5.88 Å². The lowest BCUT2D eigenvalue weighted by atomic mass is 10.2. The van der Waals surface area contributed by atoms with Crippen LogP contribution >= 0.6 is 0 Å². The summed E-state index contributed by atoms with van der Waals surface area (Å²) in [5.74, 6) is 0.133. The van der Waals surface area contributed by atoms with Gasteiger partial charge in [-0.2, -0.15) is 0 Å². The van der Waals surface area contributed by atoms with Crippen LogP contribution < -0.4 is 15.5 Å². The van der Waals surface area contributed by atoms with Crippen LogP contribution in [0.4, 0.5) is 0 Å². The van der Waals surface area contributed by atoms with Crippen molar-refractivity contribution in [3.63, 3.8) is 0 Å². The Bertz CT molecular complexity index is 1020. The molecule has 1 fully saturated rings. The molecule has 1 aromatic carbocycles. The minimum Gasteiger partial charge on any atom is -0.474 e. The van der Waals surface area contributed by atoms with Crippen molar-refractivity contribution in [2.45, 2.75) is 38.3 Å². The van der Waals surface area contributed by atoms with E-state index in [4.69, 9.17) is 9.15 Å². The van der Waals surface area contributed by atoms with Crippen molar-refractivity contribution in [1.82, 2.24) is 10.3 Å². The molecule has 0 saturated heterocycles. The smallest absolute Gasteiger partial charge is 0.287 e. The van der Waals surface area contributed by atoms with Gasteiger partial charge in [0.25, 0.3) is 5.91 Å². The van der Waals surface area contributed by atoms with E-state index < -0.39 is 5.91 Å². The minimum absolute atomic E-state index is 0.00446. The van der Waals surface area contributed by atoms with Gasteiger partial charge < -0.3 is 14.5 Å². The highest BCUT2D eigenvalue weighted by Crippen LogP contribution is 2.23. The number of nitrogens with one attached hydrogen (secondary N) is 1. The number of carbonyl (C=O) groups is 1. The minimum atomic E-state index is -0.437. The number of ether oxygens (including phenoxy) is 1. The summed E-state index contributed by atoms with van der Waals surface area (Å²) in [6.07, 6.45) is 6.40. The first-order chi connectivity index (χ1) is 13.2. The van der Waals surface area contributed by atoms with Gasteiger partial charge in [0.15, 0.2) is 11.2 Å². The van der Waals surface area contributed by atoms with Crippen LogP contribution in [0.25, 0.3) is 11.0 Å². The van der Waals surface area contributed by atoms with Crippen molar-refractivity contribution in [1.29, 1.82) is 0 Å². The Hall–Kier alpha value is -3.15. The second-order valence-corrected chi connectivity index (χ2v) is 6.68. The molecule has 0 unspecified atom stereocenters. The van der Waals surface area contributed by atoms with Crippen LogP contribution in [0.5, 0.6) is 5.88 Å². The maximum atomic E-state index is 12.4. The monoisotopic (exact) mass is 364 g/mol. The molecular weight excluding hydrogens is 344 g/mol. The van der Waals surface area contributed by atoms with Crippen LogP contribution in [-0.2, 0) is 6.54 Å². The molecule has 6 nitrogen and oxygen atoms in total. The molecule has 27 heavy (non-hydrogen) atoms. The van der Waals surface area contributed by atoms with Crippen LogP contribution in [0.1, 0.15) is 41.8 Å². The van der Waals surface area contributed by atoms with Gasteiger partial charge in [-0.1, -0.05) is 12.1 Å². The van der Waals surface area contributed by atoms with E-state index in [0.29, 0.717) is 23.4 Å². The molecule has 1 saturated carbocycles. The van der Waals surface area contributed by atoms with Gasteiger partial charge in [-0.05, 0) is 49.4 Å². The number of pyridine rings is 1. The van der Waals surface area contributed by atoms with Crippen LogP contribution in [0, 0.1) is 0 Å². The number of fused-ring (bicyclic) bond motifs is 1. The number of rotatable bonds is 5. The van der Waals surface area contributed by atoms with Crippen LogP contribution in [0.3, 0.4) is 0 Å². The summed E-state index contributed by atoms with van der Waals surface area (Å²) in [5.41, 5.74) is 1.03. The molecule has 3 aromatic rings. The Labute approximate surface area is 156 Å². The normalized spacial score (nSPS) is 14.4. The molecule has 6 heteroatoms. The van der Waals surface area contributed by atoms with Gasteiger partial charge in [0.1, 0.15) is 11.7 Å². The average molecular weight is 364 g/mol. The number of aromatic nitrogens is 1. The van der Waals surface area contributed by atoms with E-state index in [2.05, 4.69) is 10.3 Å². The third-order valence-corrected chi connectivity index (χ3v) is 4.70. The van der Waals surface area contributed by atoms with Crippen molar-refractivity contribution in [3.8, 4) is 5.88 Å². The highest BCUT2D eigenvalue weighted by atomic mass is 16.5. The zero-order valence-corrected chi connectivity index (χ0v) is 14.8. The Morgan fingerprint density at radius 2 is 2.00 bits per heavy atom. The molecule has 2 aromatic heterocycles. The second kappa shape index (κ2) is 7.61. The zero-order valence-electron chi connectivity index (χ0n) is 14.8. The molecule has 0 aliphatic heterocycles. The molecule has 1 N–H and O–H groups in total. The number of para-hydroxylation sites is 1. The first-order valence-corrected chi connectivity index (χ1v) is 9.12. The molecule has 0 spiro atoms. The van der Waals surface area contributed by atoms with Gasteiger partial charge >= 0.3 is 0 Å². The van der Waals surface area contributed by atoms with Gasteiger partial charge in [0, 0.05) is 24.9 Å². The summed E-state index contributed by atoms with van der Waals surface area (Å²) in [4.78, 5) is 28.7. The Balaban J connectivity index is 1.44. The largest absolute Gasteiger partial charge is 0.474 e. The maximum Gasteiger partial charge on any atom is 0.287 e. The summed E-state index contributed by atoms with van der Waals surface area (Å²) in [7, 11) is 0. The molecule has 1 amide bonds. The summed E-state index contributed by atoms with van der Waals surface area (Å²) in [5, 5.41) is 3.23. The quantitative estimate of drug-likeness (QED) is 0.750. The van der Waals surface area contributed by atoms with Crippen LogP contribution in [-0.4, -0.2) is 17.0 Å². The van der Waals surface area contributed by atoms with Gasteiger partial charge in [-0.15, -0.1) is 0 Å². The summed E-state index contributed by atoms with van der Waals surface area (Å²) >= 11 is 0. The van der Waals surface area contributed by atoms with Gasteiger partial charge in [0.05, 0.1) is 5.39 Å². The molecule has 1 aliphatic carbocycles. The Morgan fingerprint density at radius 1 is 1.19 bits per heavy atom. The average Bonchev–Trinajstić information content (AvgIpc) is 3.19. The van der Waals surface area contributed by atoms with Crippen molar-refractivity contribution < 1.29 is 13.9 Å². The lowest BCUT2D eigenvalue weighted by Gasteiger charge is -2.12. The molecule has 0 atom stereocenters. The first-order valence-electron chi connectivity index (χ1n) is 9.12. The second-order valence-electron chi connectivity index (χ2n) is 6.68. The highest BCUT2D eigenvalue weighted by molar-refractivity contribution is 5.93. The number of benzene rings is 1. The molecule has 0 bridgehead atoms. The van der Waals surface area contributed by atoms with E-state index in [9.17, 15) is 9.59 Å². The molecule has 1 aliphatic rings. The molecule has 2 heterocycles. The van der Waals surface area contributed by atoms with E-state index in [1.54, 1.807) is 30.5 Å². The van der Waals surface area contributed by atoms with Gasteiger partial charge in [-0.3, -0.25) is 9.59 Å². The lowest BCUT2D eigenvalue weighted by Crippen LogP contribution is -2.24. The van der Waals surface area contributed by atoms with E-state index in [1.807, 2.05) is 12.1 Å². The van der Waals surface area contributed by atoms with Crippen molar-refractivity contribution >= 4 is 16.9 Å². The maximum absolute atomic E-state index is 12.4. The molecule has 0 radical (unpaired) electrons. The van der Waals surface area contributed by atoms with E-state index >= 15 is 0 Å². The first kappa shape index (κ1) is 17.3. The van der Waals surface area contributed by atoms with E-state index in [1.165, 1.54) is 18.9 Å². The van der Waals surface area contributed by atoms with Crippen molar-refractivity contribution in [2.75, 3.05) is 0 Å². The SMILES string of the molecule is O=C(NCc1ccnc(OC2CCCC2)c1)c1cc(=O)c2ccccc2o1.